The van der Waals surface area contributed by atoms with Crippen molar-refractivity contribution >= 4 is 135 Å². The van der Waals surface area contributed by atoms with Crippen LogP contribution in [-0.2, 0) is 40.1 Å². The van der Waals surface area contributed by atoms with Gasteiger partial charge in [0.05, 0.1) is 73.6 Å². The summed E-state index contributed by atoms with van der Waals surface area (Å²) in [6.45, 7) is 0. The number of methoxy groups -OCH3 is 4. The normalized spacial score (nSPS) is 12.0. The fourth-order valence-electron chi connectivity index (χ4n) is 6.44. The Balaban J connectivity index is 1.29. The fraction of sp³-hybridized carbons (Fsp3) is 0.300. The van der Waals surface area contributed by atoms with E-state index in [4.69, 9.17) is 62.5 Å². The van der Waals surface area contributed by atoms with Crippen LogP contribution in [0.4, 0.5) is 5.69 Å². The number of amidine groups is 4. The number of hydrogen-bond acceptors (Lipinski definition) is 21. The maximum absolute atomic E-state index is 13.1. The number of ether oxygens (including phenoxy) is 4. The van der Waals surface area contributed by atoms with Crippen LogP contribution in [0.15, 0.2) is 106 Å². The highest BCUT2D eigenvalue weighted by Gasteiger charge is 2.16. The van der Waals surface area contributed by atoms with Gasteiger partial charge >= 0.3 is 0 Å². The molecule has 12 N–H and O–H groups in total. The summed E-state index contributed by atoms with van der Waals surface area (Å²) in [5.41, 5.74) is 15.6. The molecular formula is C50H60N12O8S6. The molecule has 404 valence electrons. The monoisotopic (exact) mass is 1150 g/mol. The molecule has 0 spiro atoms. The molecule has 4 aromatic carbocycles. The van der Waals surface area contributed by atoms with E-state index in [9.17, 15) is 19.5 Å². The number of benzene rings is 4. The van der Waals surface area contributed by atoms with Gasteiger partial charge in [-0.1, -0.05) is 48.5 Å². The summed E-state index contributed by atoms with van der Waals surface area (Å²) < 4.78 is 21.4. The number of amides is 3. The summed E-state index contributed by atoms with van der Waals surface area (Å²) in [6, 6.07) is 26.5. The van der Waals surface area contributed by atoms with Gasteiger partial charge in [0.15, 0.2) is 26.9 Å². The van der Waals surface area contributed by atoms with Gasteiger partial charge in [-0.05, 0) is 106 Å². The van der Waals surface area contributed by atoms with Crippen LogP contribution >= 0.6 is 70.6 Å². The van der Waals surface area contributed by atoms with Crippen LogP contribution in [-0.4, -0.2) is 121 Å². The average Bonchev–Trinajstić information content (AvgIpc) is 3.36. The highest BCUT2D eigenvalue weighted by atomic mass is 32.2. The first-order valence-corrected chi connectivity index (χ1v) is 28.4. The maximum Gasteiger partial charge on any atom is 0.252 e. The van der Waals surface area contributed by atoms with Gasteiger partial charge < -0.3 is 46.2 Å². The van der Waals surface area contributed by atoms with Crippen molar-refractivity contribution in [2.75, 3.05) is 51.5 Å². The Morgan fingerprint density at radius 2 is 1.18 bits per heavy atom. The number of hydrogen-bond donors (Lipinski definition) is 10. The number of aliphatic hydroxyl groups excluding tert-OH is 1. The predicted molar refractivity (Wildman–Crippen MR) is 317 cm³/mol. The van der Waals surface area contributed by atoms with E-state index >= 15 is 0 Å². The Kier molecular flexibility index (Phi) is 27.6. The molecule has 3 amide bonds. The van der Waals surface area contributed by atoms with E-state index in [1.807, 2.05) is 12.1 Å². The summed E-state index contributed by atoms with van der Waals surface area (Å²) in [7, 11) is 6.07. The number of carbonyl (C=O) groups is 3. The molecular weight excluding hydrogens is 1090 g/mol. The lowest BCUT2D eigenvalue weighted by molar-refractivity contribution is -0.119. The average molecular weight is 1150 g/mol. The van der Waals surface area contributed by atoms with E-state index in [1.54, 1.807) is 86.0 Å². The van der Waals surface area contributed by atoms with E-state index in [-0.39, 0.29) is 78.9 Å². The summed E-state index contributed by atoms with van der Waals surface area (Å²) in [5, 5.41) is 57.7. The number of carbonyl (C=O) groups excluding carboxylic acids is 3. The second kappa shape index (κ2) is 33.7. The molecule has 0 aliphatic rings. The Morgan fingerprint density at radius 3 is 1.82 bits per heavy atom. The van der Waals surface area contributed by atoms with Crippen molar-refractivity contribution in [3.63, 3.8) is 0 Å². The quantitative estimate of drug-likeness (QED) is 0.0182. The minimum atomic E-state index is -1.16. The molecule has 1 unspecified atom stereocenters. The number of rotatable bonds is 24. The molecule has 4 rings (SSSR count). The van der Waals surface area contributed by atoms with Crippen molar-refractivity contribution < 1.29 is 38.4 Å². The second-order valence-corrected chi connectivity index (χ2v) is 22.2. The van der Waals surface area contributed by atoms with Crippen molar-refractivity contribution in [1.82, 2.24) is 10.6 Å². The van der Waals surface area contributed by atoms with Crippen LogP contribution in [0.25, 0.3) is 0 Å². The lowest BCUT2D eigenvalue weighted by Gasteiger charge is -2.12. The van der Waals surface area contributed by atoms with E-state index in [1.165, 1.54) is 44.9 Å². The Morgan fingerprint density at radius 1 is 0.605 bits per heavy atom. The second-order valence-electron chi connectivity index (χ2n) is 15.6. The first kappa shape index (κ1) is 62.3. The Bertz CT molecular complexity index is 2820. The zero-order valence-electron chi connectivity index (χ0n) is 42.1. The van der Waals surface area contributed by atoms with Crippen LogP contribution in [0.2, 0.25) is 0 Å². The number of nitrogens with zero attached hydrogens (tertiary/aromatic N) is 3. The van der Waals surface area contributed by atoms with Crippen molar-refractivity contribution in [1.29, 1.82) is 27.0 Å². The molecule has 0 radical (unpaired) electrons. The van der Waals surface area contributed by atoms with Gasteiger partial charge in [-0.15, -0.1) is 0 Å². The molecule has 1 atom stereocenters. The van der Waals surface area contributed by atoms with Gasteiger partial charge in [0.2, 0.25) is 11.8 Å². The van der Waals surface area contributed by atoms with Crippen LogP contribution in [0.1, 0.15) is 35.1 Å². The van der Waals surface area contributed by atoms with Crippen LogP contribution in [0.3, 0.4) is 0 Å². The third-order valence-corrected chi connectivity index (χ3v) is 15.1. The standard InChI is InChI=1S/C50H60N12O8S6/c1-67-35-12-7-9-30(21-35)23-42(63)59-48(55)74-41(53)29-72-20-18-46(76-50(57)60-43(64)24-31-10-8-13-36(22-31)68-2)58-34-16-15-33(38(27-34)70-4)26-45(66)61-47(54)73-39(51)17-19-71-28-40(52)75-49(56)62-44(65)25-32-11-5-6-14-37(32)69-3/h5-16,21-22,27,43,51-53,64H,17-20,23-26,28-29H2,1-4H3,(H2,57,60)(H2,54,61,66)(H2,55,59,63)(H2,56,62,65). The largest absolute Gasteiger partial charge is 0.497 e. The van der Waals surface area contributed by atoms with Crippen LogP contribution < -0.4 is 41.0 Å². The van der Waals surface area contributed by atoms with Gasteiger partial charge in [-0.3, -0.25) is 41.4 Å². The molecule has 0 aromatic heterocycles. The zero-order chi connectivity index (χ0) is 55.4. The smallest absolute Gasteiger partial charge is 0.252 e. The lowest BCUT2D eigenvalue weighted by atomic mass is 10.1. The molecule has 0 bridgehead atoms. The number of nitrogens with two attached hydrogens (primary N) is 2. The molecule has 26 heteroatoms. The molecule has 0 saturated carbocycles. The number of nitrogens with one attached hydrogen (secondary N) is 7. The molecule has 76 heavy (non-hydrogen) atoms. The number of para-hydroxylation sites is 1. The van der Waals surface area contributed by atoms with Crippen molar-refractivity contribution in [2.24, 2.45) is 26.4 Å². The van der Waals surface area contributed by atoms with Crippen LogP contribution in [0.5, 0.6) is 23.0 Å². The molecule has 0 fully saturated rings. The van der Waals surface area contributed by atoms with E-state index in [2.05, 4.69) is 20.6 Å². The number of aliphatic imine (C=N–C) groups is 3. The first-order chi connectivity index (χ1) is 36.4. The summed E-state index contributed by atoms with van der Waals surface area (Å²) in [5.74, 6) is 2.28. The Labute approximate surface area is 466 Å². The number of aliphatic hydroxyl groups is 1. The van der Waals surface area contributed by atoms with E-state index < -0.39 is 18.0 Å². The lowest BCUT2D eigenvalue weighted by Crippen LogP contribution is -2.30. The maximum atomic E-state index is 13.1. The van der Waals surface area contributed by atoms with Gasteiger partial charge in [-0.25, -0.2) is 9.98 Å². The molecule has 0 aliphatic carbocycles. The molecule has 0 saturated heterocycles. The van der Waals surface area contributed by atoms with Gasteiger partial charge in [0.25, 0.3) is 5.91 Å². The predicted octanol–water partition coefficient (Wildman–Crippen LogP) is 7.71. The van der Waals surface area contributed by atoms with Gasteiger partial charge in [-0.2, -0.15) is 28.5 Å². The van der Waals surface area contributed by atoms with Crippen molar-refractivity contribution in [2.45, 2.75) is 44.8 Å². The topological polar surface area (TPSA) is 341 Å². The molecule has 4 aromatic rings. The summed E-state index contributed by atoms with van der Waals surface area (Å²) in [4.78, 5) is 51.1. The molecule has 0 heterocycles. The molecule has 20 nitrogen and oxygen atoms in total. The van der Waals surface area contributed by atoms with E-state index in [0.717, 1.165) is 58.2 Å². The third kappa shape index (κ3) is 24.1. The van der Waals surface area contributed by atoms with Gasteiger partial charge in [0.1, 0.15) is 23.0 Å². The van der Waals surface area contributed by atoms with E-state index in [0.29, 0.717) is 69.2 Å². The summed E-state index contributed by atoms with van der Waals surface area (Å²) in [6.07, 6.45) is -0.406. The van der Waals surface area contributed by atoms with Crippen molar-refractivity contribution in [3.8, 4) is 23.0 Å². The first-order valence-electron chi connectivity index (χ1n) is 22.8. The van der Waals surface area contributed by atoms with Gasteiger partial charge in [0, 0.05) is 48.0 Å². The third-order valence-electron chi connectivity index (χ3n) is 9.78. The molecule has 0 aliphatic heterocycles. The highest BCUT2D eigenvalue weighted by Crippen LogP contribution is 2.29. The van der Waals surface area contributed by atoms with Crippen molar-refractivity contribution in [3.05, 3.63) is 113 Å². The Hall–Kier alpha value is -6.29. The highest BCUT2D eigenvalue weighted by molar-refractivity contribution is 8.28. The fourth-order valence-corrected chi connectivity index (χ4v) is 11.2. The minimum absolute atomic E-state index is 0.0212. The van der Waals surface area contributed by atoms with Crippen LogP contribution in [0, 0.1) is 27.0 Å². The number of thioether (sulfide) groups is 6. The zero-order valence-corrected chi connectivity index (χ0v) is 47.0. The summed E-state index contributed by atoms with van der Waals surface area (Å²) >= 11 is 6.38. The minimum Gasteiger partial charge on any atom is -0.497 e. The SMILES string of the molecule is COc1cccc(CC(=O)NC(=N)SC(=N)CSCCC(=Nc2ccc(CC(=O)N=C(N)SC(=N)CCSCC(=N)SC(=N)NC(=O)Cc3ccccc3OC)c(OC)c2)S/C(N)=N\C(O)Cc2cccc(OC)c2)c1.